The van der Waals surface area contributed by atoms with Gasteiger partial charge in [0, 0.05) is 25.4 Å². The molecule has 0 amide bonds. The molecule has 0 radical (unpaired) electrons. The van der Waals surface area contributed by atoms with Gasteiger partial charge < -0.3 is 5.73 Å². The second-order valence-corrected chi connectivity index (χ2v) is 6.17. The number of nitrogens with two attached hydrogens (primary N) is 1. The molecule has 2 heterocycles. The Labute approximate surface area is 147 Å². The molecule has 1 aromatic carbocycles. The standard InChI is InChI=1S/C17H22F2N4.ClH/c18-14-3-4-17(16(19)10-14)23-9-6-15(21-23)12-22-8-1-2-13(11-22)5-7-20;/h3-4,6,9-10,13H,1-2,5,7-8,11-12,20H2;1H. The molecule has 0 aliphatic carbocycles. The second-order valence-electron chi connectivity index (χ2n) is 6.17. The van der Waals surface area contributed by atoms with Crippen molar-refractivity contribution >= 4 is 12.4 Å². The first-order chi connectivity index (χ1) is 11.2. The Morgan fingerprint density at radius 2 is 2.08 bits per heavy atom. The van der Waals surface area contributed by atoms with Crippen LogP contribution in [0.5, 0.6) is 0 Å². The molecule has 132 valence electrons. The van der Waals surface area contributed by atoms with E-state index in [1.807, 2.05) is 6.07 Å². The molecule has 2 N–H and O–H groups in total. The maximum atomic E-state index is 13.8. The normalized spacial score (nSPS) is 18.4. The van der Waals surface area contributed by atoms with E-state index in [2.05, 4.69) is 10.00 Å². The summed E-state index contributed by atoms with van der Waals surface area (Å²) in [6.45, 7) is 3.57. The second kappa shape index (κ2) is 8.55. The number of nitrogens with zero attached hydrogens (tertiary/aromatic N) is 3. The van der Waals surface area contributed by atoms with Crippen molar-refractivity contribution in [3.8, 4) is 5.69 Å². The number of hydrogen-bond acceptors (Lipinski definition) is 3. The quantitative estimate of drug-likeness (QED) is 0.895. The first-order valence-corrected chi connectivity index (χ1v) is 8.08. The predicted octanol–water partition coefficient (Wildman–Crippen LogP) is 3.13. The topological polar surface area (TPSA) is 47.1 Å². The maximum absolute atomic E-state index is 13.8. The van der Waals surface area contributed by atoms with Gasteiger partial charge in [0.25, 0.3) is 0 Å². The molecule has 1 fully saturated rings. The number of benzene rings is 1. The monoisotopic (exact) mass is 356 g/mol. The lowest BCUT2D eigenvalue weighted by Gasteiger charge is -2.32. The minimum Gasteiger partial charge on any atom is -0.330 e. The summed E-state index contributed by atoms with van der Waals surface area (Å²) in [5.74, 6) is -0.538. The maximum Gasteiger partial charge on any atom is 0.151 e. The summed E-state index contributed by atoms with van der Waals surface area (Å²) in [5, 5.41) is 4.42. The predicted molar refractivity (Wildman–Crippen MR) is 92.4 cm³/mol. The number of rotatable bonds is 5. The van der Waals surface area contributed by atoms with Crippen molar-refractivity contribution in [1.82, 2.24) is 14.7 Å². The molecule has 24 heavy (non-hydrogen) atoms. The third-order valence-corrected chi connectivity index (χ3v) is 4.36. The Morgan fingerprint density at radius 3 is 2.83 bits per heavy atom. The molecular weight excluding hydrogens is 334 g/mol. The minimum absolute atomic E-state index is 0. The lowest BCUT2D eigenvalue weighted by molar-refractivity contribution is 0.161. The average molecular weight is 357 g/mol. The van der Waals surface area contributed by atoms with E-state index in [0.717, 1.165) is 44.4 Å². The summed E-state index contributed by atoms with van der Waals surface area (Å²) in [7, 11) is 0. The molecule has 1 aromatic heterocycles. The number of piperidine rings is 1. The van der Waals surface area contributed by atoms with E-state index in [1.165, 1.54) is 29.7 Å². The van der Waals surface area contributed by atoms with Crippen LogP contribution in [0.2, 0.25) is 0 Å². The minimum atomic E-state index is -0.611. The van der Waals surface area contributed by atoms with Crippen molar-refractivity contribution in [1.29, 1.82) is 0 Å². The fourth-order valence-corrected chi connectivity index (χ4v) is 3.24. The summed E-state index contributed by atoms with van der Waals surface area (Å²) in [6.07, 6.45) is 5.19. The van der Waals surface area contributed by atoms with E-state index < -0.39 is 11.6 Å². The zero-order valence-corrected chi connectivity index (χ0v) is 14.3. The molecule has 1 aliphatic heterocycles. The molecule has 4 nitrogen and oxygen atoms in total. The highest BCUT2D eigenvalue weighted by molar-refractivity contribution is 5.85. The molecule has 0 saturated carbocycles. The summed E-state index contributed by atoms with van der Waals surface area (Å²) < 4.78 is 28.3. The summed E-state index contributed by atoms with van der Waals surface area (Å²) in [6, 6.07) is 5.40. The van der Waals surface area contributed by atoms with Gasteiger partial charge in [-0.25, -0.2) is 13.5 Å². The molecule has 1 aliphatic rings. The lowest BCUT2D eigenvalue weighted by Crippen LogP contribution is -2.35. The van der Waals surface area contributed by atoms with Crippen LogP contribution < -0.4 is 5.73 Å². The van der Waals surface area contributed by atoms with Crippen molar-refractivity contribution in [3.05, 3.63) is 47.8 Å². The van der Waals surface area contributed by atoms with Gasteiger partial charge in [-0.1, -0.05) is 0 Å². The van der Waals surface area contributed by atoms with Crippen LogP contribution in [0.3, 0.4) is 0 Å². The Balaban J connectivity index is 0.00000208. The van der Waals surface area contributed by atoms with Crippen LogP contribution in [0, 0.1) is 17.6 Å². The van der Waals surface area contributed by atoms with Gasteiger partial charge >= 0.3 is 0 Å². The first kappa shape index (κ1) is 18.8. The Bertz CT molecular complexity index is 660. The van der Waals surface area contributed by atoms with Gasteiger partial charge in [0.1, 0.15) is 11.5 Å². The van der Waals surface area contributed by atoms with Crippen molar-refractivity contribution in [2.24, 2.45) is 11.7 Å². The average Bonchev–Trinajstić information content (AvgIpc) is 2.96. The fourth-order valence-electron chi connectivity index (χ4n) is 3.24. The van der Waals surface area contributed by atoms with Gasteiger partial charge in [-0.05, 0) is 56.5 Å². The van der Waals surface area contributed by atoms with Gasteiger partial charge in [-0.15, -0.1) is 12.4 Å². The molecule has 1 atom stereocenters. The summed E-state index contributed by atoms with van der Waals surface area (Å²) >= 11 is 0. The van der Waals surface area contributed by atoms with E-state index in [0.29, 0.717) is 5.92 Å². The van der Waals surface area contributed by atoms with E-state index in [1.54, 1.807) is 6.20 Å². The molecule has 3 rings (SSSR count). The SMILES string of the molecule is Cl.NCCC1CCCN(Cc2ccn(-c3ccc(F)cc3F)n2)C1. The largest absolute Gasteiger partial charge is 0.330 e. The van der Waals surface area contributed by atoms with Crippen LogP contribution in [0.4, 0.5) is 8.78 Å². The highest BCUT2D eigenvalue weighted by Crippen LogP contribution is 2.21. The summed E-state index contributed by atoms with van der Waals surface area (Å²) in [4.78, 5) is 2.37. The number of likely N-dealkylation sites (tertiary alicyclic amines) is 1. The third kappa shape index (κ3) is 4.53. The van der Waals surface area contributed by atoms with Crippen LogP contribution in [0.1, 0.15) is 25.0 Å². The van der Waals surface area contributed by atoms with Crippen LogP contribution in [0.15, 0.2) is 30.5 Å². The smallest absolute Gasteiger partial charge is 0.151 e. The molecule has 1 saturated heterocycles. The molecule has 0 spiro atoms. The molecule has 2 aromatic rings. The van der Waals surface area contributed by atoms with Crippen LogP contribution in [-0.4, -0.2) is 34.3 Å². The van der Waals surface area contributed by atoms with Crippen LogP contribution >= 0.6 is 12.4 Å². The van der Waals surface area contributed by atoms with E-state index >= 15 is 0 Å². The van der Waals surface area contributed by atoms with Crippen molar-refractivity contribution < 1.29 is 8.78 Å². The zero-order chi connectivity index (χ0) is 16.2. The van der Waals surface area contributed by atoms with Gasteiger partial charge in [-0.3, -0.25) is 4.90 Å². The number of hydrogen-bond donors (Lipinski definition) is 1. The van der Waals surface area contributed by atoms with E-state index in [9.17, 15) is 8.78 Å². The van der Waals surface area contributed by atoms with Crippen molar-refractivity contribution in [3.63, 3.8) is 0 Å². The fraction of sp³-hybridized carbons (Fsp3) is 0.471. The Kier molecular flexibility index (Phi) is 6.71. The van der Waals surface area contributed by atoms with Crippen LogP contribution in [0.25, 0.3) is 5.69 Å². The van der Waals surface area contributed by atoms with Crippen molar-refractivity contribution in [2.75, 3.05) is 19.6 Å². The number of halogens is 3. The van der Waals surface area contributed by atoms with Gasteiger partial charge in [0.2, 0.25) is 0 Å². The molecule has 0 bridgehead atoms. The van der Waals surface area contributed by atoms with Gasteiger partial charge in [0.05, 0.1) is 5.69 Å². The van der Waals surface area contributed by atoms with E-state index in [4.69, 9.17) is 5.73 Å². The van der Waals surface area contributed by atoms with Gasteiger partial charge in [0.15, 0.2) is 5.82 Å². The molecule has 7 heteroatoms. The Morgan fingerprint density at radius 1 is 1.25 bits per heavy atom. The summed E-state index contributed by atoms with van der Waals surface area (Å²) in [5.41, 5.74) is 6.81. The third-order valence-electron chi connectivity index (χ3n) is 4.36. The van der Waals surface area contributed by atoms with Crippen molar-refractivity contribution in [2.45, 2.75) is 25.8 Å². The van der Waals surface area contributed by atoms with Gasteiger partial charge in [-0.2, -0.15) is 5.10 Å². The van der Waals surface area contributed by atoms with E-state index in [-0.39, 0.29) is 18.1 Å². The lowest BCUT2D eigenvalue weighted by atomic mass is 9.95. The first-order valence-electron chi connectivity index (χ1n) is 8.08. The highest BCUT2D eigenvalue weighted by Gasteiger charge is 2.20. The molecule has 1 unspecified atom stereocenters. The van der Waals surface area contributed by atoms with Crippen LogP contribution in [-0.2, 0) is 6.54 Å². The zero-order valence-electron chi connectivity index (χ0n) is 13.5. The highest BCUT2D eigenvalue weighted by atomic mass is 35.5. The Hall–Kier alpha value is -1.50. The molecular formula is C17H23ClF2N4. The number of aromatic nitrogens is 2.